The van der Waals surface area contributed by atoms with Crippen LogP contribution in [0.2, 0.25) is 0 Å². The van der Waals surface area contributed by atoms with Crippen molar-refractivity contribution < 1.29 is 90.8 Å². The molecule has 0 aliphatic carbocycles. The number of nitrogens with one attached hydrogen (secondary N) is 2. The Hall–Kier alpha value is -5.82. The van der Waals surface area contributed by atoms with Crippen molar-refractivity contribution >= 4 is 98.1 Å². The molecule has 27 nitrogen and oxygen atoms in total. The molecular formula is C51H85IN8O19. The van der Waals surface area contributed by atoms with Gasteiger partial charge in [0.25, 0.3) is 23.6 Å². The highest BCUT2D eigenvalue weighted by atomic mass is 127. The maximum Gasteiger partial charge on any atom is 0.533 e. The van der Waals surface area contributed by atoms with Gasteiger partial charge in [0.1, 0.15) is 0 Å². The lowest BCUT2D eigenvalue weighted by Crippen LogP contribution is -2.34. The second-order valence-electron chi connectivity index (χ2n) is 17.3. The van der Waals surface area contributed by atoms with Gasteiger partial charge in [-0.3, -0.25) is 72.4 Å². The summed E-state index contributed by atoms with van der Waals surface area (Å²) in [4.78, 5) is 144. The lowest BCUT2D eigenvalue weighted by atomic mass is 10.1. The minimum absolute atomic E-state index is 0. The summed E-state index contributed by atoms with van der Waals surface area (Å²) in [6, 6.07) is 0. The molecule has 4 N–H and O–H groups in total. The number of likely N-dealkylation sites (tertiary alicyclic amines) is 3. The van der Waals surface area contributed by atoms with Gasteiger partial charge in [0.05, 0.1) is 83.3 Å². The van der Waals surface area contributed by atoms with Gasteiger partial charge in [-0.2, -0.15) is 0 Å². The van der Waals surface area contributed by atoms with Crippen LogP contribution in [0.5, 0.6) is 0 Å². The number of hydroxylamine groups is 2. The summed E-state index contributed by atoms with van der Waals surface area (Å²) in [5.41, 5.74) is 5.23. The molecule has 3 atom stereocenters. The molecule has 450 valence electrons. The van der Waals surface area contributed by atoms with Crippen LogP contribution in [0.1, 0.15) is 114 Å². The third kappa shape index (κ3) is 30.9. The number of imide groups is 5. The molecular weight excluding hydrogens is 1160 g/mol. The molecule has 0 saturated carbocycles. The lowest BCUT2D eigenvalue weighted by molar-refractivity contribution is -0.177. The molecule has 0 aromatic rings. The van der Waals surface area contributed by atoms with Crippen molar-refractivity contribution in [1.82, 2.24) is 30.0 Å². The van der Waals surface area contributed by atoms with Crippen molar-refractivity contribution in [3.8, 4) is 0 Å². The summed E-state index contributed by atoms with van der Waals surface area (Å²) in [6.07, 6.45) is 5.54. The number of hydrogen-bond donors (Lipinski definition) is 3. The highest BCUT2D eigenvalue weighted by molar-refractivity contribution is 14.1. The zero-order valence-corrected chi connectivity index (χ0v) is 48.2. The van der Waals surface area contributed by atoms with Crippen molar-refractivity contribution in [2.45, 2.75) is 114 Å². The summed E-state index contributed by atoms with van der Waals surface area (Å²) in [5.74, 6) is -2.65. The molecule has 0 radical (unpaired) electrons. The highest BCUT2D eigenvalue weighted by Gasteiger charge is 2.37. The van der Waals surface area contributed by atoms with Gasteiger partial charge in [-0.05, 0) is 48.3 Å². The maximum absolute atomic E-state index is 11.6. The van der Waals surface area contributed by atoms with Crippen LogP contribution in [0.3, 0.4) is 0 Å². The fourth-order valence-electron chi connectivity index (χ4n) is 6.72. The van der Waals surface area contributed by atoms with Gasteiger partial charge in [0.2, 0.25) is 35.4 Å². The van der Waals surface area contributed by atoms with Gasteiger partial charge in [-0.25, -0.2) is 9.59 Å². The smallest absolute Gasteiger partial charge is 0.450 e. The van der Waals surface area contributed by atoms with E-state index in [0.717, 1.165) is 19.3 Å². The number of carbonyl (C=O) groups is 12. The highest BCUT2D eigenvalue weighted by Crippen LogP contribution is 2.20. The first-order valence-electron chi connectivity index (χ1n) is 26.0. The molecule has 5 aliphatic rings. The van der Waals surface area contributed by atoms with Crippen molar-refractivity contribution in [1.29, 1.82) is 5.41 Å². The third-order valence-corrected chi connectivity index (χ3v) is 10.7. The van der Waals surface area contributed by atoms with Gasteiger partial charge in [-0.1, -0.05) is 61.0 Å². The lowest BCUT2D eigenvalue weighted by Gasteiger charge is -2.14. The predicted molar refractivity (Wildman–Crippen MR) is 293 cm³/mol. The first kappa shape index (κ1) is 75.3. The number of rotatable bonds is 26. The molecule has 5 heterocycles. The summed E-state index contributed by atoms with van der Waals surface area (Å²) in [5, 5.41) is 9.06. The molecule has 0 spiro atoms. The number of ether oxygens (including phenoxy) is 6. The van der Waals surface area contributed by atoms with Gasteiger partial charge in [0, 0.05) is 88.3 Å². The van der Waals surface area contributed by atoms with E-state index in [0.29, 0.717) is 110 Å². The van der Waals surface area contributed by atoms with Crippen LogP contribution < -0.4 is 11.1 Å². The number of nitrogens with two attached hydrogens (primary N) is 1. The Morgan fingerprint density at radius 1 is 0.557 bits per heavy atom. The van der Waals surface area contributed by atoms with Crippen LogP contribution in [0.4, 0.5) is 9.59 Å². The monoisotopic (exact) mass is 1240 g/mol. The summed E-state index contributed by atoms with van der Waals surface area (Å²) in [7, 11) is 0. The van der Waals surface area contributed by atoms with E-state index in [2.05, 4.69) is 14.9 Å². The van der Waals surface area contributed by atoms with Crippen molar-refractivity contribution in [3.63, 3.8) is 0 Å². The molecule has 5 aliphatic heterocycles. The average molecular weight is 1240 g/mol. The van der Waals surface area contributed by atoms with E-state index in [9.17, 15) is 57.5 Å². The molecule has 5 rings (SSSR count). The third-order valence-electron chi connectivity index (χ3n) is 10.7. The topological polar surface area (TPSA) is 348 Å². The van der Waals surface area contributed by atoms with Crippen LogP contribution in [0.25, 0.3) is 0 Å². The second-order valence-corrected chi connectivity index (χ2v) is 17.9. The van der Waals surface area contributed by atoms with E-state index in [1.54, 1.807) is 20.8 Å². The summed E-state index contributed by atoms with van der Waals surface area (Å²) < 4.78 is 31.3. The Morgan fingerprint density at radius 2 is 0.899 bits per heavy atom. The normalized spacial score (nSPS) is 18.1. The van der Waals surface area contributed by atoms with Gasteiger partial charge in [-0.15, -0.1) is 0 Å². The molecule has 0 bridgehead atoms. The Morgan fingerprint density at radius 3 is 1.24 bits per heavy atom. The number of halogens is 1. The van der Waals surface area contributed by atoms with E-state index in [1.807, 2.05) is 50.3 Å². The van der Waals surface area contributed by atoms with Gasteiger partial charge < -0.3 is 44.9 Å². The Bertz CT molecular complexity index is 1910. The summed E-state index contributed by atoms with van der Waals surface area (Å²) >= 11 is 1.83. The molecule has 4 fully saturated rings. The van der Waals surface area contributed by atoms with Crippen LogP contribution in [0.15, 0.2) is 12.2 Å². The molecule has 28 heteroatoms. The minimum atomic E-state index is -1.02. The molecule has 3 unspecified atom stereocenters. The Kier molecular flexibility index (Phi) is 42.8. The fourth-order valence-corrected chi connectivity index (χ4v) is 6.72. The van der Waals surface area contributed by atoms with Crippen LogP contribution >= 0.6 is 22.6 Å². The maximum atomic E-state index is 11.6. The standard InChI is InChI=1S/C13H22N2O5.C10H17NO3.C9H16N2O3.C9H13NO3.C8H11NO5.CH2IN.CH4/c1-3-6-20-13(18)14-4-7-19-8-5-15-11(16)9-10(2)12(15)17;1-3-5-14-6-4-11-9(12)7-8(2)10(11)13;1-7-6-8(12)11(9(7)13)3-5-14-4-2-10;1-2-6-13-7-5-10-8(11)3-4-9(10)12;1-2-5-13-8(12)14-9-6(10)3-4-7(9)11;2-1-3;/h10H,3-9H2,1-2H3,(H,14,18);8H,3-7H2,1-2H3;7H,2-6,10H2,1H3;3-4H,2,5-7H2,1H3;2-5H2,1H3;1,3H;1H4. The van der Waals surface area contributed by atoms with E-state index >= 15 is 0 Å². The molecule has 79 heavy (non-hydrogen) atoms. The van der Waals surface area contributed by atoms with Crippen molar-refractivity contribution in [3.05, 3.63) is 12.2 Å². The molecule has 11 amide bonds. The first-order valence-corrected chi connectivity index (χ1v) is 27.2. The van der Waals surface area contributed by atoms with Crippen LogP contribution in [-0.2, 0) is 81.2 Å². The fraction of sp³-hybridized carbons (Fsp3) is 0.706. The molecule has 0 aromatic carbocycles. The SMILES string of the molecule is C.CC1CC(=O)N(CCOCCN)C1=O.CCCOC(=O)NCCOCCN1C(=O)CC(C)C1=O.CCCOC(=O)ON1C(=O)CCC1=O.CCCOCCN1C(=O)C=CC1=O.CCCOCCN1C(=O)CC(C)C1=O.N=CI. The Balaban J connectivity index is 0. The van der Waals surface area contributed by atoms with Crippen molar-refractivity contribution in [2.24, 2.45) is 23.5 Å². The number of alkyl carbamates (subject to hydrolysis) is 1. The van der Waals surface area contributed by atoms with E-state index in [-0.39, 0.29) is 111 Å². The number of carbonyl (C=O) groups excluding carboxylic acids is 12. The first-order chi connectivity index (χ1) is 37.2. The van der Waals surface area contributed by atoms with Gasteiger partial charge >= 0.3 is 12.2 Å². The van der Waals surface area contributed by atoms with Crippen LogP contribution in [-0.4, -0.2) is 206 Å². The van der Waals surface area contributed by atoms with E-state index < -0.39 is 24.1 Å². The minimum Gasteiger partial charge on any atom is -0.450 e. The van der Waals surface area contributed by atoms with Crippen LogP contribution in [0, 0.1) is 23.2 Å². The Labute approximate surface area is 477 Å². The number of amides is 11. The average Bonchev–Trinajstić information content (AvgIpc) is 4.13. The zero-order chi connectivity index (χ0) is 59.0. The van der Waals surface area contributed by atoms with Crippen molar-refractivity contribution in [2.75, 3.05) is 105 Å². The largest absolute Gasteiger partial charge is 0.533 e. The number of hydrogen-bond acceptors (Lipinski definition) is 21. The summed E-state index contributed by atoms with van der Waals surface area (Å²) in [6.45, 7) is 19.5. The molecule has 4 saturated heterocycles. The van der Waals surface area contributed by atoms with E-state index in [1.165, 1.54) is 36.0 Å². The number of nitrogens with zero attached hydrogens (tertiary/aromatic N) is 5. The zero-order valence-electron chi connectivity index (χ0n) is 46.1. The van der Waals surface area contributed by atoms with Gasteiger partial charge in [0.15, 0.2) is 0 Å². The second kappa shape index (κ2) is 45.0. The predicted octanol–water partition coefficient (Wildman–Crippen LogP) is 3.32. The van der Waals surface area contributed by atoms with E-state index in [4.69, 9.17) is 34.8 Å². The molecule has 0 aromatic heterocycles. The quantitative estimate of drug-likeness (QED) is 0.0368.